The largest absolute Gasteiger partial charge is 2.00 e. The number of hydrogen-bond acceptors (Lipinski definition) is 1. The van der Waals surface area contributed by atoms with Crippen LogP contribution >= 0.6 is 0 Å². The van der Waals surface area contributed by atoms with E-state index < -0.39 is 0 Å². The van der Waals surface area contributed by atoms with Crippen molar-refractivity contribution in [2.45, 2.75) is 6.42 Å². The second-order valence-electron chi connectivity index (χ2n) is 1.22. The summed E-state index contributed by atoms with van der Waals surface area (Å²) in [5.41, 5.74) is 0. The maximum atomic E-state index is 4.95. The minimum absolute atomic E-state index is 0. The minimum atomic E-state index is 0. The minimum Gasteiger partial charge on any atom is -1.00 e. The smallest absolute Gasteiger partial charge is 1.00 e. The standard InChI is InChI=1S/C6H11O.BrH.Mg/c1-3-5-7-6-4-2;;/h3H,1-2,4-6H2;1H;/q-1;;+2/p-1. The Morgan fingerprint density at radius 3 is 2.44 bits per heavy atom. The quantitative estimate of drug-likeness (QED) is 0.223. The first-order valence-corrected chi connectivity index (χ1v) is 2.39. The number of halogens is 1. The molecule has 0 aromatic carbocycles. The summed E-state index contributed by atoms with van der Waals surface area (Å²) in [5, 5.41) is 0. The maximum Gasteiger partial charge on any atom is 2.00 e. The second kappa shape index (κ2) is 16.0. The van der Waals surface area contributed by atoms with E-state index in [0.717, 1.165) is 13.0 Å². The Kier molecular flexibility index (Phi) is 29.3. The first-order chi connectivity index (χ1) is 3.41. The van der Waals surface area contributed by atoms with Crippen molar-refractivity contribution < 1.29 is 21.7 Å². The molecule has 0 saturated heterocycles. The maximum absolute atomic E-state index is 4.95. The molecule has 9 heavy (non-hydrogen) atoms. The zero-order valence-electron chi connectivity index (χ0n) is 5.61. The van der Waals surface area contributed by atoms with Crippen LogP contribution in [-0.4, -0.2) is 36.3 Å². The summed E-state index contributed by atoms with van der Waals surface area (Å²) < 4.78 is 4.95. The van der Waals surface area contributed by atoms with Crippen LogP contribution in [-0.2, 0) is 4.74 Å². The SMILES string of the molecule is C=CCOCC[CH2-].[Br-].[Mg+2]. The zero-order valence-corrected chi connectivity index (χ0v) is 8.61. The van der Waals surface area contributed by atoms with Gasteiger partial charge in [-0.15, -0.1) is 6.58 Å². The first kappa shape index (κ1) is 16.5. The molecule has 0 N–H and O–H groups in total. The van der Waals surface area contributed by atoms with E-state index in [1.165, 1.54) is 0 Å². The molecule has 0 saturated carbocycles. The van der Waals surface area contributed by atoms with Crippen LogP contribution in [0.2, 0.25) is 0 Å². The molecule has 0 spiro atoms. The molecular formula is C6H11BrMgO. The van der Waals surface area contributed by atoms with Crippen LogP contribution in [0.3, 0.4) is 0 Å². The van der Waals surface area contributed by atoms with Gasteiger partial charge in [-0.1, -0.05) is 6.08 Å². The van der Waals surface area contributed by atoms with Crippen LogP contribution in [0.4, 0.5) is 0 Å². The molecule has 0 rings (SSSR count). The van der Waals surface area contributed by atoms with Crippen molar-refractivity contribution in [1.29, 1.82) is 0 Å². The zero-order chi connectivity index (χ0) is 5.54. The van der Waals surface area contributed by atoms with Crippen LogP contribution in [0.5, 0.6) is 0 Å². The van der Waals surface area contributed by atoms with E-state index in [1.807, 2.05) is 0 Å². The Morgan fingerprint density at radius 1 is 1.56 bits per heavy atom. The van der Waals surface area contributed by atoms with Crippen LogP contribution in [0.25, 0.3) is 0 Å². The fourth-order valence-electron chi connectivity index (χ4n) is 0.269. The molecule has 0 fully saturated rings. The van der Waals surface area contributed by atoms with Gasteiger partial charge in [0.1, 0.15) is 0 Å². The molecule has 0 aliphatic heterocycles. The third kappa shape index (κ3) is 17.6. The molecule has 0 amide bonds. The van der Waals surface area contributed by atoms with Crippen molar-refractivity contribution in [3.8, 4) is 0 Å². The van der Waals surface area contributed by atoms with Crippen molar-refractivity contribution in [3.63, 3.8) is 0 Å². The normalized spacial score (nSPS) is 6.78. The monoisotopic (exact) mass is 202 g/mol. The summed E-state index contributed by atoms with van der Waals surface area (Å²) in [5.74, 6) is 0. The Balaban J connectivity index is -0.000000180. The van der Waals surface area contributed by atoms with Crippen LogP contribution in [0, 0.1) is 6.92 Å². The number of hydrogen-bond donors (Lipinski definition) is 0. The summed E-state index contributed by atoms with van der Waals surface area (Å²) in [6.45, 7) is 8.48. The van der Waals surface area contributed by atoms with Gasteiger partial charge >= 0.3 is 23.1 Å². The molecule has 3 heteroatoms. The molecule has 0 aliphatic rings. The molecule has 0 unspecified atom stereocenters. The van der Waals surface area contributed by atoms with E-state index >= 15 is 0 Å². The molecule has 1 nitrogen and oxygen atoms in total. The molecule has 0 aliphatic carbocycles. The summed E-state index contributed by atoms with van der Waals surface area (Å²) in [4.78, 5) is 0. The van der Waals surface area contributed by atoms with E-state index in [9.17, 15) is 0 Å². The van der Waals surface area contributed by atoms with Gasteiger partial charge in [0.15, 0.2) is 0 Å². The average molecular weight is 203 g/mol. The molecule has 0 atom stereocenters. The third-order valence-electron chi connectivity index (χ3n) is 0.524. The summed E-state index contributed by atoms with van der Waals surface area (Å²) >= 11 is 0. The summed E-state index contributed by atoms with van der Waals surface area (Å²) in [6, 6.07) is 0. The third-order valence-corrected chi connectivity index (χ3v) is 0.524. The average Bonchev–Trinajstić information content (AvgIpc) is 1.69. The predicted molar refractivity (Wildman–Crippen MR) is 36.7 cm³/mol. The fraction of sp³-hybridized carbons (Fsp3) is 0.500. The van der Waals surface area contributed by atoms with E-state index in [4.69, 9.17) is 4.74 Å². The summed E-state index contributed by atoms with van der Waals surface area (Å²) in [6.07, 6.45) is 2.57. The van der Waals surface area contributed by atoms with Gasteiger partial charge in [-0.2, -0.15) is 6.42 Å². The molecule has 0 bridgehead atoms. The topological polar surface area (TPSA) is 9.23 Å². The van der Waals surface area contributed by atoms with E-state index in [-0.39, 0.29) is 40.0 Å². The van der Waals surface area contributed by atoms with Gasteiger partial charge < -0.3 is 28.6 Å². The Morgan fingerprint density at radius 2 is 2.11 bits per heavy atom. The first-order valence-electron chi connectivity index (χ1n) is 2.39. The molecule has 0 heterocycles. The van der Waals surface area contributed by atoms with Gasteiger partial charge in [-0.3, -0.25) is 0 Å². The van der Waals surface area contributed by atoms with Gasteiger partial charge in [0, 0.05) is 6.61 Å². The molecule has 50 valence electrons. The van der Waals surface area contributed by atoms with Gasteiger partial charge in [0.2, 0.25) is 0 Å². The number of rotatable bonds is 4. The van der Waals surface area contributed by atoms with Crippen molar-refractivity contribution >= 4 is 23.1 Å². The van der Waals surface area contributed by atoms with Crippen LogP contribution < -0.4 is 17.0 Å². The molecular weight excluding hydrogens is 192 g/mol. The summed E-state index contributed by atoms with van der Waals surface area (Å²) in [7, 11) is 0. The van der Waals surface area contributed by atoms with Gasteiger partial charge in [0.05, 0.1) is 6.61 Å². The second-order valence-corrected chi connectivity index (χ2v) is 1.22. The van der Waals surface area contributed by atoms with Crippen molar-refractivity contribution in [2.24, 2.45) is 0 Å². The Hall–Kier alpha value is 0.946. The van der Waals surface area contributed by atoms with Gasteiger partial charge in [0.25, 0.3) is 0 Å². The molecule has 0 radical (unpaired) electrons. The van der Waals surface area contributed by atoms with Crippen LogP contribution in [0.15, 0.2) is 12.7 Å². The van der Waals surface area contributed by atoms with Crippen molar-refractivity contribution in [2.75, 3.05) is 13.2 Å². The van der Waals surface area contributed by atoms with Gasteiger partial charge in [-0.05, 0) is 0 Å². The van der Waals surface area contributed by atoms with E-state index in [1.54, 1.807) is 6.08 Å². The van der Waals surface area contributed by atoms with Crippen molar-refractivity contribution in [1.82, 2.24) is 0 Å². The number of ether oxygens (including phenoxy) is 1. The fourth-order valence-corrected chi connectivity index (χ4v) is 0.269. The Bertz CT molecular complexity index is 50.3. The van der Waals surface area contributed by atoms with Gasteiger partial charge in [-0.25, -0.2) is 0 Å². The molecule has 0 aromatic heterocycles. The van der Waals surface area contributed by atoms with E-state index in [2.05, 4.69) is 13.5 Å². The molecule has 0 aromatic rings. The van der Waals surface area contributed by atoms with Crippen LogP contribution in [0.1, 0.15) is 6.42 Å². The Labute approximate surface area is 83.8 Å². The van der Waals surface area contributed by atoms with Crippen molar-refractivity contribution in [3.05, 3.63) is 19.6 Å². The predicted octanol–water partition coefficient (Wildman–Crippen LogP) is -1.96. The van der Waals surface area contributed by atoms with E-state index in [0.29, 0.717) is 6.61 Å².